The number of benzene rings is 1. The highest BCUT2D eigenvalue weighted by Gasteiger charge is 2.29. The van der Waals surface area contributed by atoms with Gasteiger partial charge in [-0.25, -0.2) is 4.39 Å². The molecule has 7 N–H and O–H groups in total. The molecule has 1 aliphatic carbocycles. The van der Waals surface area contributed by atoms with E-state index in [1.165, 1.54) is 38.3 Å². The summed E-state index contributed by atoms with van der Waals surface area (Å²) in [6.07, 6.45) is 10.6. The van der Waals surface area contributed by atoms with Gasteiger partial charge >= 0.3 is 0 Å². The normalized spacial score (nSPS) is 12.5. The van der Waals surface area contributed by atoms with Crippen LogP contribution in [0, 0.1) is 18.7 Å². The Kier molecular flexibility index (Phi) is 16.3. The van der Waals surface area contributed by atoms with Gasteiger partial charge in [-0.1, -0.05) is 45.9 Å². The van der Waals surface area contributed by atoms with Crippen LogP contribution in [0.3, 0.4) is 0 Å². The minimum atomic E-state index is -0.546. The molecule has 1 fully saturated rings. The number of pyridine rings is 2. The van der Waals surface area contributed by atoms with Gasteiger partial charge in [-0.3, -0.25) is 19.6 Å². The van der Waals surface area contributed by atoms with Gasteiger partial charge in [0.2, 0.25) is 5.91 Å². The van der Waals surface area contributed by atoms with Gasteiger partial charge in [0.25, 0.3) is 5.91 Å². The fourth-order valence-corrected chi connectivity index (χ4v) is 4.48. The minimum Gasteiger partial charge on any atom is -0.494 e. The maximum atomic E-state index is 14.1. The number of nitrogens with one attached hydrogen (secondary N) is 3. The third kappa shape index (κ3) is 12.3. The third-order valence-corrected chi connectivity index (χ3v) is 7.24. The fourth-order valence-electron chi connectivity index (χ4n) is 4.48. The van der Waals surface area contributed by atoms with Crippen molar-refractivity contribution in [2.24, 2.45) is 17.4 Å². The topological polar surface area (TPSA) is 161 Å². The van der Waals surface area contributed by atoms with Gasteiger partial charge in [-0.05, 0) is 62.2 Å². The number of nitrogens with zero attached hydrogens (tertiary/aromatic N) is 3. The maximum absolute atomic E-state index is 14.1. The largest absolute Gasteiger partial charge is 0.494 e. The number of para-hydroxylation sites is 1. The summed E-state index contributed by atoms with van der Waals surface area (Å²) in [6, 6.07) is 10.8. The summed E-state index contributed by atoms with van der Waals surface area (Å²) in [7, 11) is 4.91. The van der Waals surface area contributed by atoms with Crippen LogP contribution in [-0.2, 0) is 22.6 Å². The van der Waals surface area contributed by atoms with Gasteiger partial charge in [0.15, 0.2) is 0 Å². The number of methoxy groups -OCH3 is 1. The molecule has 0 atom stereocenters. The second kappa shape index (κ2) is 20.1. The molecule has 0 spiro atoms. The van der Waals surface area contributed by atoms with Gasteiger partial charge in [-0.2, -0.15) is 0 Å². The van der Waals surface area contributed by atoms with E-state index in [1.807, 2.05) is 38.2 Å². The average Bonchev–Trinajstić information content (AvgIpc) is 3.96. The van der Waals surface area contributed by atoms with E-state index < -0.39 is 11.7 Å². The molecular weight excluding hydrogens is 623 g/mol. The standard InChI is InChI=1S/C23H27FN6O3.C12H18N2.C2H6/c1-12-16(24)9-14(11-28-12)15-5-4-6-17(21(15)33-3)29-18(20(26)23(32)27-2)10-19(25)30-22(31)13-7-8-13;1-4-6-11-7-8-13-12(9-11)10-14(3)5-2;1-2/h4-6,9-11,13,29H,7-8,25-26H2,1-3H3,(H,27,32)(H,30,31);5,7-9H,2,4,6,10H2,1,3H3;1-2H3/b19-10+,20-18+;;. The number of carbonyl (C=O) groups excluding carboxylic acids is 2. The molecule has 1 aliphatic rings. The van der Waals surface area contributed by atoms with Crippen molar-refractivity contribution < 1.29 is 18.7 Å². The first-order valence-electron chi connectivity index (χ1n) is 16.3. The molecule has 11 nitrogen and oxygen atoms in total. The van der Waals surface area contributed by atoms with Gasteiger partial charge in [0, 0.05) is 49.6 Å². The van der Waals surface area contributed by atoms with Crippen molar-refractivity contribution in [2.75, 3.05) is 26.5 Å². The van der Waals surface area contributed by atoms with Crippen LogP contribution >= 0.6 is 0 Å². The number of aryl methyl sites for hydroxylation is 2. The molecule has 1 saturated carbocycles. The maximum Gasteiger partial charge on any atom is 0.269 e. The zero-order valence-corrected chi connectivity index (χ0v) is 29.7. The molecule has 49 heavy (non-hydrogen) atoms. The Morgan fingerprint density at radius 2 is 1.88 bits per heavy atom. The van der Waals surface area contributed by atoms with Crippen LogP contribution in [0.25, 0.3) is 11.1 Å². The number of allylic oxidation sites excluding steroid dienone is 1. The Balaban J connectivity index is 0.000000435. The summed E-state index contributed by atoms with van der Waals surface area (Å²) in [5.41, 5.74) is 16.3. The second-order valence-electron chi connectivity index (χ2n) is 11.1. The van der Waals surface area contributed by atoms with E-state index in [0.717, 1.165) is 31.5 Å². The number of anilines is 1. The highest BCUT2D eigenvalue weighted by Crippen LogP contribution is 2.37. The quantitative estimate of drug-likeness (QED) is 0.117. The highest BCUT2D eigenvalue weighted by atomic mass is 19.1. The number of hydrogen-bond acceptors (Lipinski definition) is 9. The smallest absolute Gasteiger partial charge is 0.269 e. The van der Waals surface area contributed by atoms with E-state index in [2.05, 4.69) is 51.6 Å². The predicted octanol–water partition coefficient (Wildman–Crippen LogP) is 5.49. The molecule has 2 aromatic heterocycles. The summed E-state index contributed by atoms with van der Waals surface area (Å²) in [5.74, 6) is -0.821. The Bertz CT molecular complexity index is 1640. The van der Waals surface area contributed by atoms with Crippen molar-refractivity contribution in [2.45, 2.75) is 59.9 Å². The Morgan fingerprint density at radius 1 is 1.16 bits per heavy atom. The number of rotatable bonds is 13. The summed E-state index contributed by atoms with van der Waals surface area (Å²) >= 11 is 0. The van der Waals surface area contributed by atoms with E-state index >= 15 is 0 Å². The molecule has 0 aliphatic heterocycles. The number of hydrogen-bond donors (Lipinski definition) is 5. The van der Waals surface area contributed by atoms with E-state index in [4.69, 9.17) is 16.2 Å². The Hall–Kier alpha value is -5.39. The number of aromatic nitrogens is 2. The van der Waals surface area contributed by atoms with Gasteiger partial charge in [-0.15, -0.1) is 0 Å². The lowest BCUT2D eigenvalue weighted by Gasteiger charge is -2.17. The predicted molar refractivity (Wildman–Crippen MR) is 194 cm³/mol. The van der Waals surface area contributed by atoms with Crippen LogP contribution in [0.5, 0.6) is 5.75 Å². The molecule has 12 heteroatoms. The molecule has 4 rings (SSSR count). The molecule has 3 aromatic rings. The van der Waals surface area contributed by atoms with Crippen LogP contribution in [0.1, 0.15) is 57.0 Å². The number of nitrogens with two attached hydrogens (primary N) is 2. The van der Waals surface area contributed by atoms with Crippen molar-refractivity contribution in [3.05, 3.63) is 108 Å². The Labute approximate surface area is 289 Å². The monoisotopic (exact) mass is 674 g/mol. The first-order valence-corrected chi connectivity index (χ1v) is 16.3. The van der Waals surface area contributed by atoms with Crippen molar-refractivity contribution in [3.8, 4) is 16.9 Å². The van der Waals surface area contributed by atoms with Gasteiger partial charge in [0.05, 0.1) is 36.4 Å². The molecule has 264 valence electrons. The third-order valence-electron chi connectivity index (χ3n) is 7.24. The number of ether oxygens (including phenoxy) is 1. The van der Waals surface area contributed by atoms with E-state index in [0.29, 0.717) is 22.6 Å². The average molecular weight is 675 g/mol. The lowest BCUT2D eigenvalue weighted by atomic mass is 10.0. The van der Waals surface area contributed by atoms with Crippen LogP contribution < -0.4 is 32.2 Å². The van der Waals surface area contributed by atoms with Crippen LogP contribution in [0.2, 0.25) is 0 Å². The van der Waals surface area contributed by atoms with Crippen molar-refractivity contribution in [1.29, 1.82) is 0 Å². The zero-order chi connectivity index (χ0) is 36.5. The number of halogens is 1. The van der Waals surface area contributed by atoms with Crippen LogP contribution in [-0.4, -0.2) is 47.9 Å². The van der Waals surface area contributed by atoms with Gasteiger partial charge < -0.3 is 37.1 Å². The number of carbonyl (C=O) groups is 2. The molecular formula is C37H51FN8O3. The molecule has 0 radical (unpaired) electrons. The molecule has 0 bridgehead atoms. The van der Waals surface area contributed by atoms with Crippen LogP contribution in [0.15, 0.2) is 84.9 Å². The summed E-state index contributed by atoms with van der Waals surface area (Å²) in [5, 5.41) is 8.10. The number of likely N-dealkylation sites (N-methyl/N-ethyl adjacent to an activating group) is 1. The SMILES string of the molecule is C=CN(C)Cc1cc(CCC)ccn1.CC.CNC(=O)/C(N)=C(/C=C(\N)NC(=O)C1CC1)Nc1cccc(-c2cnc(C)c(F)c2)c1OC. The number of amides is 2. The first-order chi connectivity index (χ1) is 23.5. The molecule has 0 saturated heterocycles. The first kappa shape index (κ1) is 39.8. The second-order valence-corrected chi connectivity index (χ2v) is 11.1. The summed E-state index contributed by atoms with van der Waals surface area (Å²) in [4.78, 5) is 34.7. The van der Waals surface area contributed by atoms with Crippen molar-refractivity contribution in [3.63, 3.8) is 0 Å². The van der Waals surface area contributed by atoms with Crippen molar-refractivity contribution in [1.82, 2.24) is 25.5 Å². The van der Waals surface area contributed by atoms with Crippen LogP contribution in [0.4, 0.5) is 10.1 Å². The lowest BCUT2D eigenvalue weighted by Crippen LogP contribution is -2.31. The molecule has 0 unspecified atom stereocenters. The molecule has 1 aromatic carbocycles. The summed E-state index contributed by atoms with van der Waals surface area (Å²) in [6.45, 7) is 12.3. The summed E-state index contributed by atoms with van der Waals surface area (Å²) < 4.78 is 19.7. The zero-order valence-electron chi connectivity index (χ0n) is 29.7. The fraction of sp³-hybridized carbons (Fsp3) is 0.351. The lowest BCUT2D eigenvalue weighted by molar-refractivity contribution is -0.121. The minimum absolute atomic E-state index is 0.0289. The van der Waals surface area contributed by atoms with Crippen molar-refractivity contribution >= 4 is 17.5 Å². The van der Waals surface area contributed by atoms with E-state index in [9.17, 15) is 14.0 Å². The Morgan fingerprint density at radius 3 is 2.47 bits per heavy atom. The van der Waals surface area contributed by atoms with E-state index in [1.54, 1.807) is 31.3 Å². The highest BCUT2D eigenvalue weighted by molar-refractivity contribution is 5.94. The van der Waals surface area contributed by atoms with E-state index in [-0.39, 0.29) is 34.7 Å². The molecule has 2 amide bonds. The molecule has 2 heterocycles. The van der Waals surface area contributed by atoms with Gasteiger partial charge in [0.1, 0.15) is 23.1 Å².